The van der Waals surface area contributed by atoms with E-state index >= 15 is 0 Å². The topological polar surface area (TPSA) is 12.0 Å². The number of hydrogen-bond donors (Lipinski definition) is 1. The van der Waals surface area contributed by atoms with Gasteiger partial charge in [0.2, 0.25) is 0 Å². The highest BCUT2D eigenvalue weighted by molar-refractivity contribution is 5.62. The minimum Gasteiger partial charge on any atom is -0.356 e. The Bertz CT molecular complexity index is 774. The van der Waals surface area contributed by atoms with Crippen molar-refractivity contribution in [3.63, 3.8) is 0 Å². The molecule has 1 N–H and O–H groups in total. The molecule has 0 radical (unpaired) electrons. The minimum absolute atomic E-state index is 1.20. The van der Waals surface area contributed by atoms with Crippen molar-refractivity contribution in [2.75, 3.05) is 5.32 Å². The van der Waals surface area contributed by atoms with Crippen molar-refractivity contribution < 1.29 is 0 Å². The summed E-state index contributed by atoms with van der Waals surface area (Å²) in [5.74, 6) is 0. The van der Waals surface area contributed by atoms with Gasteiger partial charge in [-0.15, -0.1) is 0 Å². The number of nitrogens with one attached hydrogen (secondary N) is 1. The zero-order chi connectivity index (χ0) is 26.4. The van der Waals surface area contributed by atoms with Crippen molar-refractivity contribution >= 4 is 11.4 Å². The van der Waals surface area contributed by atoms with Crippen LogP contribution in [0.1, 0.15) is 153 Å². The molecule has 0 aliphatic heterocycles. The summed E-state index contributed by atoms with van der Waals surface area (Å²) in [6.45, 7) is 6.89. The van der Waals surface area contributed by atoms with Crippen molar-refractivity contribution in [2.45, 2.75) is 156 Å². The van der Waals surface area contributed by atoms with Crippen LogP contribution < -0.4 is 5.32 Å². The summed E-state index contributed by atoms with van der Waals surface area (Å²) < 4.78 is 0. The van der Waals surface area contributed by atoms with Gasteiger partial charge in [-0.05, 0) is 79.5 Å². The van der Waals surface area contributed by atoms with Crippen molar-refractivity contribution in [3.8, 4) is 0 Å². The Labute approximate surface area is 231 Å². The van der Waals surface area contributed by atoms with Gasteiger partial charge in [0.05, 0.1) is 0 Å². The van der Waals surface area contributed by atoms with Crippen LogP contribution in [-0.2, 0) is 19.3 Å². The molecule has 2 aromatic rings. The lowest BCUT2D eigenvalue weighted by molar-refractivity contribution is 0.605. The molecular weight excluding hydrogens is 446 g/mol. The molecule has 0 spiro atoms. The average Bonchev–Trinajstić information content (AvgIpc) is 2.90. The van der Waals surface area contributed by atoms with Crippen LogP contribution in [0.4, 0.5) is 11.4 Å². The molecule has 208 valence electrons. The third kappa shape index (κ3) is 15.3. The summed E-state index contributed by atoms with van der Waals surface area (Å²) in [6, 6.07) is 16.5. The van der Waals surface area contributed by atoms with Crippen LogP contribution >= 0.6 is 0 Å². The highest BCUT2D eigenvalue weighted by atomic mass is 14.9. The Hall–Kier alpha value is -1.76. The second-order valence-corrected chi connectivity index (χ2v) is 11.4. The van der Waals surface area contributed by atoms with Crippen molar-refractivity contribution in [1.29, 1.82) is 0 Å². The molecule has 0 aliphatic rings. The Morgan fingerprint density at radius 3 is 1.30 bits per heavy atom. The predicted molar refractivity (Wildman–Crippen MR) is 167 cm³/mol. The second kappa shape index (κ2) is 21.2. The molecule has 0 saturated heterocycles. The van der Waals surface area contributed by atoms with Gasteiger partial charge in [0, 0.05) is 11.4 Å². The molecule has 0 saturated carbocycles. The standard InChI is InChI=1S/C36H59N/c1-4-7-10-13-16-19-23-32-26-22-27-35(29-32)37-36-30-33(24-20-17-14-11-8-5-2)28-34(31-36)25-21-18-15-12-9-6-3/h22,26-31,37H,4-21,23-25H2,1-3H3. The lowest BCUT2D eigenvalue weighted by atomic mass is 9.99. The molecule has 0 unspecified atom stereocenters. The van der Waals surface area contributed by atoms with Crippen LogP contribution in [0, 0.1) is 0 Å². The molecule has 0 amide bonds. The molecule has 37 heavy (non-hydrogen) atoms. The van der Waals surface area contributed by atoms with Gasteiger partial charge in [-0.3, -0.25) is 0 Å². The second-order valence-electron chi connectivity index (χ2n) is 11.4. The summed E-state index contributed by atoms with van der Waals surface area (Å²) in [6.07, 6.45) is 28.2. The third-order valence-electron chi connectivity index (χ3n) is 7.73. The number of aryl methyl sites for hydroxylation is 3. The van der Waals surface area contributed by atoms with Crippen molar-refractivity contribution in [1.82, 2.24) is 0 Å². The lowest BCUT2D eigenvalue weighted by Gasteiger charge is -2.13. The SMILES string of the molecule is CCCCCCCCc1cccc(Nc2cc(CCCCCCCC)cc(CCCCCCCC)c2)c1. The van der Waals surface area contributed by atoms with Gasteiger partial charge in [-0.2, -0.15) is 0 Å². The first-order chi connectivity index (χ1) is 18.2. The van der Waals surface area contributed by atoms with E-state index in [9.17, 15) is 0 Å². The molecule has 1 nitrogen and oxygen atoms in total. The number of anilines is 2. The number of rotatable bonds is 23. The fourth-order valence-corrected chi connectivity index (χ4v) is 5.42. The van der Waals surface area contributed by atoms with E-state index in [0.717, 1.165) is 0 Å². The van der Waals surface area contributed by atoms with Gasteiger partial charge in [0.1, 0.15) is 0 Å². The highest BCUT2D eigenvalue weighted by Crippen LogP contribution is 2.24. The Kier molecular flexibility index (Phi) is 18.0. The molecule has 2 rings (SSSR count). The lowest BCUT2D eigenvalue weighted by Crippen LogP contribution is -1.97. The van der Waals surface area contributed by atoms with Crippen LogP contribution in [0.15, 0.2) is 42.5 Å². The van der Waals surface area contributed by atoms with E-state index in [1.165, 1.54) is 163 Å². The van der Waals surface area contributed by atoms with E-state index in [4.69, 9.17) is 0 Å². The fraction of sp³-hybridized carbons (Fsp3) is 0.667. The zero-order valence-electron chi connectivity index (χ0n) is 24.9. The monoisotopic (exact) mass is 505 g/mol. The first-order valence-electron chi connectivity index (χ1n) is 16.2. The number of benzene rings is 2. The maximum atomic E-state index is 3.78. The molecule has 0 heterocycles. The van der Waals surface area contributed by atoms with Crippen LogP contribution in [0.3, 0.4) is 0 Å². The smallest absolute Gasteiger partial charge is 0.0389 e. The fourth-order valence-electron chi connectivity index (χ4n) is 5.42. The van der Waals surface area contributed by atoms with E-state index in [1.54, 1.807) is 0 Å². The first kappa shape index (κ1) is 31.5. The average molecular weight is 506 g/mol. The van der Waals surface area contributed by atoms with E-state index in [0.29, 0.717) is 0 Å². The van der Waals surface area contributed by atoms with E-state index < -0.39 is 0 Å². The van der Waals surface area contributed by atoms with Crippen molar-refractivity contribution in [3.05, 3.63) is 59.2 Å². The quantitative estimate of drug-likeness (QED) is 0.148. The van der Waals surface area contributed by atoms with Crippen LogP contribution in [-0.4, -0.2) is 0 Å². The van der Waals surface area contributed by atoms with Gasteiger partial charge >= 0.3 is 0 Å². The molecule has 0 fully saturated rings. The first-order valence-corrected chi connectivity index (χ1v) is 16.2. The Morgan fingerprint density at radius 2 is 0.811 bits per heavy atom. The summed E-state index contributed by atoms with van der Waals surface area (Å²) in [5.41, 5.74) is 7.03. The summed E-state index contributed by atoms with van der Waals surface area (Å²) >= 11 is 0. The van der Waals surface area contributed by atoms with Gasteiger partial charge in [0.15, 0.2) is 0 Å². The molecule has 0 aromatic heterocycles. The van der Waals surface area contributed by atoms with Gasteiger partial charge in [0.25, 0.3) is 0 Å². The van der Waals surface area contributed by atoms with Crippen LogP contribution in [0.25, 0.3) is 0 Å². The number of unbranched alkanes of at least 4 members (excludes halogenated alkanes) is 15. The zero-order valence-corrected chi connectivity index (χ0v) is 24.9. The highest BCUT2D eigenvalue weighted by Gasteiger charge is 2.05. The molecule has 0 bridgehead atoms. The van der Waals surface area contributed by atoms with E-state index in [1.807, 2.05) is 0 Å². The number of hydrogen-bond acceptors (Lipinski definition) is 1. The van der Waals surface area contributed by atoms with Gasteiger partial charge in [-0.1, -0.05) is 135 Å². The molecule has 2 aromatic carbocycles. The maximum absolute atomic E-state index is 3.78. The predicted octanol–water partition coefficient (Wildman–Crippen LogP) is 12.1. The molecule has 0 atom stereocenters. The van der Waals surface area contributed by atoms with Crippen LogP contribution in [0.2, 0.25) is 0 Å². The maximum Gasteiger partial charge on any atom is 0.0389 e. The molecule has 0 aliphatic carbocycles. The van der Waals surface area contributed by atoms with Crippen LogP contribution in [0.5, 0.6) is 0 Å². The van der Waals surface area contributed by atoms with E-state index in [2.05, 4.69) is 68.6 Å². The van der Waals surface area contributed by atoms with E-state index in [-0.39, 0.29) is 0 Å². The minimum atomic E-state index is 1.20. The summed E-state index contributed by atoms with van der Waals surface area (Å²) in [7, 11) is 0. The Balaban J connectivity index is 1.95. The van der Waals surface area contributed by atoms with Crippen molar-refractivity contribution in [2.24, 2.45) is 0 Å². The third-order valence-corrected chi connectivity index (χ3v) is 7.73. The molecule has 1 heteroatoms. The van der Waals surface area contributed by atoms with Gasteiger partial charge < -0.3 is 5.32 Å². The van der Waals surface area contributed by atoms with Gasteiger partial charge in [-0.25, -0.2) is 0 Å². The Morgan fingerprint density at radius 1 is 0.405 bits per heavy atom. The summed E-state index contributed by atoms with van der Waals surface area (Å²) in [5, 5.41) is 3.78. The summed E-state index contributed by atoms with van der Waals surface area (Å²) in [4.78, 5) is 0. The normalized spacial score (nSPS) is 11.2. The largest absolute Gasteiger partial charge is 0.356 e. The molecular formula is C36H59N.